The number of hydrogen-bond donors (Lipinski definition) is 5. The monoisotopic (exact) mass is 306 g/mol. The lowest BCUT2D eigenvalue weighted by atomic mass is 10.0. The van der Waals surface area contributed by atoms with Gasteiger partial charge in [-0.2, -0.15) is 0 Å². The van der Waals surface area contributed by atoms with Gasteiger partial charge in [0, 0.05) is 6.92 Å². The van der Waals surface area contributed by atoms with E-state index in [-0.39, 0.29) is 12.0 Å². The fourth-order valence-electron chi connectivity index (χ4n) is 1.39. The SMILES string of the molecule is CC(=O)O.CC[C@H](C)[C@H](N)C(=O)O.O=C(O)[C@@H]1CCCN1. The van der Waals surface area contributed by atoms with Gasteiger partial charge in [0.25, 0.3) is 5.97 Å². The Morgan fingerprint density at radius 3 is 1.90 bits per heavy atom. The van der Waals surface area contributed by atoms with Crippen LogP contribution in [0.5, 0.6) is 0 Å². The van der Waals surface area contributed by atoms with Crippen LogP contribution in [0.15, 0.2) is 0 Å². The van der Waals surface area contributed by atoms with Crippen molar-refractivity contribution in [3.63, 3.8) is 0 Å². The first-order valence-electron chi connectivity index (χ1n) is 6.77. The molecule has 6 N–H and O–H groups in total. The number of nitrogens with one attached hydrogen (secondary N) is 1. The van der Waals surface area contributed by atoms with Crippen LogP contribution >= 0.6 is 0 Å². The number of carboxylic acids is 3. The predicted octanol–water partition coefficient (Wildman–Crippen LogP) is 0.358. The third-order valence-electron chi connectivity index (χ3n) is 2.90. The highest BCUT2D eigenvalue weighted by Gasteiger charge is 2.20. The van der Waals surface area contributed by atoms with Crippen LogP contribution in [-0.4, -0.2) is 51.9 Å². The molecule has 124 valence electrons. The molecule has 8 nitrogen and oxygen atoms in total. The Bertz CT molecular complexity index is 325. The summed E-state index contributed by atoms with van der Waals surface area (Å²) in [5.41, 5.74) is 5.27. The molecule has 8 heteroatoms. The number of carboxylic acid groups (broad SMARTS) is 3. The second-order valence-electron chi connectivity index (χ2n) is 4.76. The van der Waals surface area contributed by atoms with Crippen molar-refractivity contribution in [3.8, 4) is 0 Å². The summed E-state index contributed by atoms with van der Waals surface area (Å²) < 4.78 is 0. The van der Waals surface area contributed by atoms with Gasteiger partial charge >= 0.3 is 11.9 Å². The summed E-state index contributed by atoms with van der Waals surface area (Å²) in [5.74, 6) is -2.39. The minimum atomic E-state index is -0.913. The molecule has 1 fully saturated rings. The molecule has 0 aromatic carbocycles. The molecule has 3 atom stereocenters. The maximum absolute atomic E-state index is 10.2. The lowest BCUT2D eigenvalue weighted by Gasteiger charge is -2.11. The van der Waals surface area contributed by atoms with Crippen LogP contribution in [0.2, 0.25) is 0 Å². The van der Waals surface area contributed by atoms with Crippen LogP contribution in [0.1, 0.15) is 40.0 Å². The molecular formula is C13H26N2O6. The summed E-state index contributed by atoms with van der Waals surface area (Å²) in [4.78, 5) is 29.3. The van der Waals surface area contributed by atoms with E-state index >= 15 is 0 Å². The smallest absolute Gasteiger partial charge is 0.320 e. The highest BCUT2D eigenvalue weighted by molar-refractivity contribution is 5.73. The zero-order chi connectivity index (χ0) is 17.0. The maximum atomic E-state index is 10.2. The first-order valence-corrected chi connectivity index (χ1v) is 6.77. The summed E-state index contributed by atoms with van der Waals surface area (Å²) >= 11 is 0. The van der Waals surface area contributed by atoms with Crippen LogP contribution in [0.4, 0.5) is 0 Å². The number of nitrogens with two attached hydrogens (primary N) is 1. The van der Waals surface area contributed by atoms with Crippen LogP contribution < -0.4 is 11.1 Å². The summed E-state index contributed by atoms with van der Waals surface area (Å²) in [5, 5.41) is 27.0. The van der Waals surface area contributed by atoms with Gasteiger partial charge in [-0.15, -0.1) is 0 Å². The van der Waals surface area contributed by atoms with Crippen molar-refractivity contribution in [2.75, 3.05) is 6.54 Å². The molecule has 1 rings (SSSR count). The van der Waals surface area contributed by atoms with Gasteiger partial charge < -0.3 is 26.4 Å². The Kier molecular flexibility index (Phi) is 12.5. The standard InChI is InChI=1S/C6H13NO2.C5H9NO2.C2H4O2/c1-3-4(2)5(7)6(8)9;7-5(8)4-2-1-3-6-4;1-2(3)4/h4-5H,3,7H2,1-2H3,(H,8,9);4,6H,1-3H2,(H,7,8);1H3,(H,3,4)/t4-,5-;4-;/m00./s1. The maximum Gasteiger partial charge on any atom is 0.320 e. The van der Waals surface area contributed by atoms with Crippen LogP contribution in [0.25, 0.3) is 0 Å². The molecular weight excluding hydrogens is 280 g/mol. The van der Waals surface area contributed by atoms with Crippen molar-refractivity contribution in [1.29, 1.82) is 0 Å². The minimum absolute atomic E-state index is 0.0718. The van der Waals surface area contributed by atoms with Crippen molar-refractivity contribution < 1.29 is 29.7 Å². The third kappa shape index (κ3) is 13.1. The van der Waals surface area contributed by atoms with Crippen molar-refractivity contribution in [3.05, 3.63) is 0 Å². The van der Waals surface area contributed by atoms with Crippen molar-refractivity contribution in [2.45, 2.75) is 52.1 Å². The molecule has 0 saturated carbocycles. The molecule has 0 aliphatic carbocycles. The lowest BCUT2D eigenvalue weighted by Crippen LogP contribution is -2.36. The van der Waals surface area contributed by atoms with E-state index in [9.17, 15) is 9.59 Å². The average Bonchev–Trinajstić information content (AvgIpc) is 2.91. The second kappa shape index (κ2) is 12.1. The summed E-state index contributed by atoms with van der Waals surface area (Å²) in [6.07, 6.45) is 2.60. The molecule has 0 amide bonds. The molecule has 0 spiro atoms. The molecule has 0 aromatic heterocycles. The summed E-state index contributed by atoms with van der Waals surface area (Å²) in [6, 6.07) is -0.968. The van der Waals surface area contributed by atoms with E-state index in [4.69, 9.17) is 25.8 Å². The van der Waals surface area contributed by atoms with Crippen molar-refractivity contribution in [1.82, 2.24) is 5.32 Å². The molecule has 0 aromatic rings. The minimum Gasteiger partial charge on any atom is -0.481 e. The Morgan fingerprint density at radius 2 is 1.76 bits per heavy atom. The first kappa shape index (κ1) is 21.6. The van der Waals surface area contributed by atoms with Gasteiger partial charge in [0.2, 0.25) is 0 Å². The van der Waals surface area contributed by atoms with Gasteiger partial charge in [-0.3, -0.25) is 14.4 Å². The number of aliphatic carboxylic acids is 3. The molecule has 1 heterocycles. The van der Waals surface area contributed by atoms with E-state index in [0.717, 1.165) is 32.7 Å². The topological polar surface area (TPSA) is 150 Å². The van der Waals surface area contributed by atoms with Gasteiger partial charge in [0.05, 0.1) is 0 Å². The molecule has 0 radical (unpaired) electrons. The van der Waals surface area contributed by atoms with Gasteiger partial charge in [-0.05, 0) is 25.3 Å². The molecule has 1 aliphatic rings. The molecule has 0 unspecified atom stereocenters. The largest absolute Gasteiger partial charge is 0.481 e. The third-order valence-corrected chi connectivity index (χ3v) is 2.90. The van der Waals surface area contributed by atoms with Crippen molar-refractivity contribution in [2.24, 2.45) is 11.7 Å². The Labute approximate surface area is 124 Å². The van der Waals surface area contributed by atoms with E-state index < -0.39 is 23.9 Å². The number of carbonyl (C=O) groups is 3. The lowest BCUT2D eigenvalue weighted by molar-refractivity contribution is -0.140. The van der Waals surface area contributed by atoms with E-state index in [2.05, 4.69) is 5.32 Å². The van der Waals surface area contributed by atoms with Crippen LogP contribution in [-0.2, 0) is 14.4 Å². The number of hydrogen-bond acceptors (Lipinski definition) is 5. The normalized spacial score (nSPS) is 19.1. The highest BCUT2D eigenvalue weighted by Crippen LogP contribution is 2.04. The molecule has 1 saturated heterocycles. The zero-order valence-corrected chi connectivity index (χ0v) is 12.7. The van der Waals surface area contributed by atoms with Crippen LogP contribution in [0.3, 0.4) is 0 Å². The quantitative estimate of drug-likeness (QED) is 0.499. The predicted molar refractivity (Wildman–Crippen MR) is 77.0 cm³/mol. The average molecular weight is 306 g/mol. The molecule has 1 aliphatic heterocycles. The Morgan fingerprint density at radius 1 is 1.29 bits per heavy atom. The van der Waals surface area contributed by atoms with Crippen molar-refractivity contribution >= 4 is 17.9 Å². The fraction of sp³-hybridized carbons (Fsp3) is 0.769. The van der Waals surface area contributed by atoms with Gasteiger partial charge in [0.1, 0.15) is 12.1 Å². The highest BCUT2D eigenvalue weighted by atomic mass is 16.4. The van der Waals surface area contributed by atoms with Gasteiger partial charge in [-0.25, -0.2) is 0 Å². The second-order valence-corrected chi connectivity index (χ2v) is 4.76. The summed E-state index contributed by atoms with van der Waals surface area (Å²) in [6.45, 7) is 5.70. The van der Waals surface area contributed by atoms with E-state index in [1.165, 1.54) is 0 Å². The van der Waals surface area contributed by atoms with Gasteiger partial charge in [0.15, 0.2) is 0 Å². The van der Waals surface area contributed by atoms with E-state index in [1.54, 1.807) is 0 Å². The summed E-state index contributed by atoms with van der Waals surface area (Å²) in [7, 11) is 0. The molecule has 21 heavy (non-hydrogen) atoms. The first-order chi connectivity index (χ1) is 9.63. The van der Waals surface area contributed by atoms with E-state index in [1.807, 2.05) is 13.8 Å². The Hall–Kier alpha value is -1.67. The molecule has 0 bridgehead atoms. The van der Waals surface area contributed by atoms with E-state index in [0.29, 0.717) is 0 Å². The zero-order valence-electron chi connectivity index (χ0n) is 12.7. The van der Waals surface area contributed by atoms with Crippen LogP contribution in [0, 0.1) is 5.92 Å². The Balaban J connectivity index is 0. The van der Waals surface area contributed by atoms with Gasteiger partial charge in [-0.1, -0.05) is 20.3 Å². The number of rotatable bonds is 4. The fourth-order valence-corrected chi connectivity index (χ4v) is 1.39.